The van der Waals surface area contributed by atoms with Crippen LogP contribution in [0.15, 0.2) is 34.9 Å². The number of nitrogens with zero attached hydrogens (tertiary/aromatic N) is 3. The molecule has 0 N–H and O–H groups in total. The van der Waals surface area contributed by atoms with E-state index in [1.807, 2.05) is 6.92 Å². The first-order valence-corrected chi connectivity index (χ1v) is 10.0. The van der Waals surface area contributed by atoms with Crippen LogP contribution in [0.3, 0.4) is 0 Å². The number of aryl methyl sites for hydroxylation is 1. The lowest BCUT2D eigenvalue weighted by Gasteiger charge is -2.23. The number of rotatable bonds is 6. The first-order valence-electron chi connectivity index (χ1n) is 10.0. The molecule has 30 heavy (non-hydrogen) atoms. The van der Waals surface area contributed by atoms with Gasteiger partial charge in [-0.1, -0.05) is 30.3 Å². The van der Waals surface area contributed by atoms with Crippen molar-refractivity contribution in [1.29, 1.82) is 0 Å². The second kappa shape index (κ2) is 7.74. The number of benzene rings is 1. The molecular weight excluding hydrogens is 395 g/mol. The van der Waals surface area contributed by atoms with Crippen molar-refractivity contribution in [2.45, 2.75) is 39.3 Å². The van der Waals surface area contributed by atoms with Crippen molar-refractivity contribution < 1.29 is 22.5 Å². The van der Waals surface area contributed by atoms with Crippen molar-refractivity contribution in [3.63, 3.8) is 0 Å². The molecule has 1 aliphatic rings. The van der Waals surface area contributed by atoms with Crippen molar-refractivity contribution in [1.82, 2.24) is 15.0 Å². The van der Waals surface area contributed by atoms with E-state index >= 15 is 0 Å². The van der Waals surface area contributed by atoms with Crippen LogP contribution >= 0.6 is 0 Å². The Hall–Kier alpha value is -2.90. The predicted octanol–water partition coefficient (Wildman–Crippen LogP) is 5.48. The van der Waals surface area contributed by atoms with Crippen molar-refractivity contribution in [3.05, 3.63) is 47.2 Å². The Kier molecular flexibility index (Phi) is 5.26. The molecular formula is C22H22F3N3O2. The smallest absolute Gasteiger partial charge is 0.338 e. The Morgan fingerprint density at radius 2 is 2.00 bits per heavy atom. The summed E-state index contributed by atoms with van der Waals surface area (Å²) in [5, 5.41) is 4.34. The maximum absolute atomic E-state index is 13.6. The first-order chi connectivity index (χ1) is 14.3. The molecule has 2 aromatic heterocycles. The summed E-state index contributed by atoms with van der Waals surface area (Å²) in [5.74, 6) is 0.264. The van der Waals surface area contributed by atoms with Gasteiger partial charge in [-0.05, 0) is 44.2 Å². The lowest BCUT2D eigenvalue weighted by atomic mass is 10.00. The standard InChI is InChI=1S/C22H22F3N3O2/c1-3-10-28(12-14-8-9-14)21(29)16-11-18(26-20-19(16)13(2)27-30-20)15-6-4-5-7-17(15)22(23,24)25/h4-7,11,14H,3,8-10,12H2,1-2H3. The van der Waals surface area contributed by atoms with Crippen LogP contribution < -0.4 is 0 Å². The predicted molar refractivity (Wildman–Crippen MR) is 106 cm³/mol. The quantitative estimate of drug-likeness (QED) is 0.533. The summed E-state index contributed by atoms with van der Waals surface area (Å²) in [6.07, 6.45) is -1.57. The van der Waals surface area contributed by atoms with Crippen molar-refractivity contribution in [2.75, 3.05) is 13.1 Å². The van der Waals surface area contributed by atoms with E-state index in [4.69, 9.17) is 4.52 Å². The van der Waals surface area contributed by atoms with Gasteiger partial charge < -0.3 is 9.42 Å². The molecule has 1 amide bonds. The number of pyridine rings is 1. The minimum absolute atomic E-state index is 0.0396. The van der Waals surface area contributed by atoms with E-state index in [0.29, 0.717) is 30.1 Å². The molecule has 0 unspecified atom stereocenters. The van der Waals surface area contributed by atoms with Crippen molar-refractivity contribution >= 4 is 17.0 Å². The third kappa shape index (κ3) is 3.91. The van der Waals surface area contributed by atoms with Crippen LogP contribution in [-0.4, -0.2) is 34.0 Å². The zero-order valence-corrected chi connectivity index (χ0v) is 16.8. The minimum Gasteiger partial charge on any atom is -0.338 e. The fraction of sp³-hybridized carbons (Fsp3) is 0.409. The summed E-state index contributed by atoms with van der Waals surface area (Å²) in [6.45, 7) is 4.91. The number of hydrogen-bond donors (Lipinski definition) is 0. The normalized spacial score (nSPS) is 14.3. The first kappa shape index (κ1) is 20.4. The van der Waals surface area contributed by atoms with Gasteiger partial charge in [-0.25, -0.2) is 4.98 Å². The number of fused-ring (bicyclic) bond motifs is 1. The van der Waals surface area contributed by atoms with Gasteiger partial charge in [0.1, 0.15) is 0 Å². The monoisotopic (exact) mass is 417 g/mol. The van der Waals surface area contributed by atoms with Crippen LogP contribution in [0.1, 0.15) is 47.8 Å². The second-order valence-electron chi connectivity index (χ2n) is 7.74. The zero-order chi connectivity index (χ0) is 21.5. The fourth-order valence-corrected chi connectivity index (χ4v) is 3.68. The molecule has 0 atom stereocenters. The molecule has 8 heteroatoms. The van der Waals surface area contributed by atoms with Crippen LogP contribution in [0, 0.1) is 12.8 Å². The molecule has 1 aromatic carbocycles. The van der Waals surface area contributed by atoms with Gasteiger partial charge in [-0.15, -0.1) is 0 Å². The molecule has 1 aliphatic carbocycles. The average molecular weight is 417 g/mol. The number of hydrogen-bond acceptors (Lipinski definition) is 4. The van der Waals surface area contributed by atoms with Gasteiger partial charge in [-0.3, -0.25) is 4.79 Å². The van der Waals surface area contributed by atoms with E-state index in [-0.39, 0.29) is 28.4 Å². The van der Waals surface area contributed by atoms with Crippen molar-refractivity contribution in [2.24, 2.45) is 5.92 Å². The molecule has 1 fully saturated rings. The lowest BCUT2D eigenvalue weighted by Crippen LogP contribution is -2.33. The van der Waals surface area contributed by atoms with E-state index in [1.165, 1.54) is 24.3 Å². The lowest BCUT2D eigenvalue weighted by molar-refractivity contribution is -0.137. The van der Waals surface area contributed by atoms with Crippen LogP contribution in [-0.2, 0) is 6.18 Å². The molecule has 1 saturated carbocycles. The largest absolute Gasteiger partial charge is 0.417 e. The van der Waals surface area contributed by atoms with Crippen molar-refractivity contribution in [3.8, 4) is 11.3 Å². The highest BCUT2D eigenvalue weighted by Gasteiger charge is 2.35. The third-order valence-corrected chi connectivity index (χ3v) is 5.31. The van der Waals surface area contributed by atoms with E-state index in [2.05, 4.69) is 10.1 Å². The summed E-state index contributed by atoms with van der Waals surface area (Å²) in [6, 6.07) is 6.64. The molecule has 0 saturated heterocycles. The van der Waals surface area contributed by atoms with E-state index in [1.54, 1.807) is 11.8 Å². The Balaban J connectivity index is 1.86. The van der Waals surface area contributed by atoms with Gasteiger partial charge in [-0.2, -0.15) is 13.2 Å². The minimum atomic E-state index is -4.55. The summed E-state index contributed by atoms with van der Waals surface area (Å²) in [7, 11) is 0. The number of alkyl halides is 3. The van der Waals surface area contributed by atoms with E-state index in [0.717, 1.165) is 25.3 Å². The fourth-order valence-electron chi connectivity index (χ4n) is 3.68. The van der Waals surface area contributed by atoms with Crippen LogP contribution in [0.4, 0.5) is 13.2 Å². The topological polar surface area (TPSA) is 59.2 Å². The summed E-state index contributed by atoms with van der Waals surface area (Å²) >= 11 is 0. The SMILES string of the molecule is CCCN(CC1CC1)C(=O)c1cc(-c2ccccc2C(F)(F)F)nc2onc(C)c12. The molecule has 0 bridgehead atoms. The summed E-state index contributed by atoms with van der Waals surface area (Å²) < 4.78 is 45.9. The maximum Gasteiger partial charge on any atom is 0.417 e. The van der Waals surface area contributed by atoms with Gasteiger partial charge in [0.25, 0.3) is 11.6 Å². The summed E-state index contributed by atoms with van der Waals surface area (Å²) in [4.78, 5) is 19.5. The number of carbonyl (C=O) groups excluding carboxylic acids is 1. The highest BCUT2D eigenvalue weighted by molar-refractivity contribution is 6.07. The van der Waals surface area contributed by atoms with Gasteiger partial charge in [0, 0.05) is 18.7 Å². The highest BCUT2D eigenvalue weighted by Crippen LogP contribution is 2.38. The van der Waals surface area contributed by atoms with Gasteiger partial charge in [0.15, 0.2) is 0 Å². The molecule has 0 aliphatic heterocycles. The van der Waals surface area contributed by atoms with E-state index in [9.17, 15) is 18.0 Å². The van der Waals surface area contributed by atoms with Crippen LogP contribution in [0.5, 0.6) is 0 Å². The molecule has 2 heterocycles. The molecule has 4 rings (SSSR count). The van der Waals surface area contributed by atoms with Gasteiger partial charge in [0.2, 0.25) is 0 Å². The number of halogens is 3. The highest BCUT2D eigenvalue weighted by atomic mass is 19.4. The Labute approximate surface area is 171 Å². The van der Waals surface area contributed by atoms with Crippen LogP contribution in [0.25, 0.3) is 22.4 Å². The maximum atomic E-state index is 13.6. The zero-order valence-electron chi connectivity index (χ0n) is 16.8. The van der Waals surface area contributed by atoms with Gasteiger partial charge >= 0.3 is 6.18 Å². The number of carbonyl (C=O) groups is 1. The molecule has 0 spiro atoms. The molecule has 158 valence electrons. The Bertz CT molecular complexity index is 1090. The third-order valence-electron chi connectivity index (χ3n) is 5.31. The summed E-state index contributed by atoms with van der Waals surface area (Å²) in [5.41, 5.74) is -0.0423. The second-order valence-corrected chi connectivity index (χ2v) is 7.74. The number of amides is 1. The van der Waals surface area contributed by atoms with Gasteiger partial charge in [0.05, 0.1) is 27.9 Å². The molecule has 5 nitrogen and oxygen atoms in total. The Morgan fingerprint density at radius 3 is 2.67 bits per heavy atom. The van der Waals surface area contributed by atoms with E-state index < -0.39 is 11.7 Å². The average Bonchev–Trinajstić information content (AvgIpc) is 3.46. The molecule has 0 radical (unpaired) electrons. The Morgan fingerprint density at radius 1 is 1.27 bits per heavy atom. The molecule has 3 aromatic rings. The van der Waals surface area contributed by atoms with Crippen LogP contribution in [0.2, 0.25) is 0 Å². The number of aromatic nitrogens is 2.